The molecule has 2 aliphatic rings. The van der Waals surface area contributed by atoms with Gasteiger partial charge in [0.25, 0.3) is 5.91 Å². The number of esters is 1. The van der Waals surface area contributed by atoms with Gasteiger partial charge in [-0.15, -0.1) is 0 Å². The summed E-state index contributed by atoms with van der Waals surface area (Å²) in [4.78, 5) is 49.9. The Morgan fingerprint density at radius 1 is 1.15 bits per heavy atom. The van der Waals surface area contributed by atoms with Crippen LogP contribution in [0.2, 0.25) is 0 Å². The average Bonchev–Trinajstić information content (AvgIpc) is 3.42. The maximum atomic E-state index is 12.5. The topological polar surface area (TPSA) is 92.8 Å². The number of nitrogens with one attached hydrogen (secondary N) is 1. The van der Waals surface area contributed by atoms with Crippen molar-refractivity contribution < 1.29 is 23.9 Å². The number of carbonyl (C=O) groups is 4. The number of Topliss-reactive ketones (excluding diaryl/α,β-unsaturated/α-hetero) is 1. The first-order chi connectivity index (χ1) is 12.6. The summed E-state index contributed by atoms with van der Waals surface area (Å²) in [7, 11) is 0. The standard InChI is InChI=1S/C20H24N2O5/c1-11-7-13(3)15(8-12(11)2)16(23)10-27-17(24)9-22-18(25)20(4,14-5-6-14)21-19(22)26/h7-8,14H,5-6,9-10H2,1-4H3,(H,21,26)/t20-/m1/s1. The summed E-state index contributed by atoms with van der Waals surface area (Å²) in [5.74, 6) is -1.40. The van der Waals surface area contributed by atoms with Crippen LogP contribution in [0.15, 0.2) is 12.1 Å². The largest absolute Gasteiger partial charge is 0.456 e. The number of hydrogen-bond donors (Lipinski definition) is 1. The van der Waals surface area contributed by atoms with Crippen LogP contribution in [0.3, 0.4) is 0 Å². The highest BCUT2D eigenvalue weighted by Gasteiger charge is 2.56. The number of ether oxygens (including phenoxy) is 1. The number of nitrogens with zero attached hydrogens (tertiary/aromatic N) is 1. The smallest absolute Gasteiger partial charge is 0.326 e. The molecule has 3 amide bonds. The molecule has 144 valence electrons. The van der Waals surface area contributed by atoms with Gasteiger partial charge >= 0.3 is 12.0 Å². The van der Waals surface area contributed by atoms with Crippen molar-refractivity contribution in [2.24, 2.45) is 5.92 Å². The molecular weight excluding hydrogens is 348 g/mol. The quantitative estimate of drug-likeness (QED) is 0.469. The van der Waals surface area contributed by atoms with Crippen molar-refractivity contribution in [2.45, 2.75) is 46.1 Å². The zero-order chi connectivity index (χ0) is 19.9. The summed E-state index contributed by atoms with van der Waals surface area (Å²) in [5.41, 5.74) is 2.44. The number of ketones is 1. The van der Waals surface area contributed by atoms with Gasteiger partial charge in [0, 0.05) is 5.56 Å². The van der Waals surface area contributed by atoms with Crippen molar-refractivity contribution in [2.75, 3.05) is 13.2 Å². The van der Waals surface area contributed by atoms with Crippen molar-refractivity contribution in [3.05, 3.63) is 34.4 Å². The second-order valence-electron chi connectivity index (χ2n) is 7.63. The minimum Gasteiger partial charge on any atom is -0.456 e. The van der Waals surface area contributed by atoms with Crippen LogP contribution in [-0.2, 0) is 14.3 Å². The molecule has 1 N–H and O–H groups in total. The molecule has 0 unspecified atom stereocenters. The van der Waals surface area contributed by atoms with E-state index in [9.17, 15) is 19.2 Å². The summed E-state index contributed by atoms with van der Waals surface area (Å²) in [6.07, 6.45) is 1.76. The molecule has 1 aromatic rings. The maximum absolute atomic E-state index is 12.5. The van der Waals surface area contributed by atoms with Crippen LogP contribution in [0.5, 0.6) is 0 Å². The van der Waals surface area contributed by atoms with Crippen LogP contribution in [0.4, 0.5) is 4.79 Å². The summed E-state index contributed by atoms with van der Waals surface area (Å²) >= 11 is 0. The third-order valence-electron chi connectivity index (χ3n) is 5.49. The maximum Gasteiger partial charge on any atom is 0.326 e. The third kappa shape index (κ3) is 3.59. The van der Waals surface area contributed by atoms with Gasteiger partial charge in [-0.2, -0.15) is 0 Å². The lowest BCUT2D eigenvalue weighted by atomic mass is 9.96. The van der Waals surface area contributed by atoms with Crippen molar-refractivity contribution >= 4 is 23.7 Å². The van der Waals surface area contributed by atoms with E-state index < -0.39 is 36.6 Å². The van der Waals surface area contributed by atoms with E-state index in [0.29, 0.717) is 5.56 Å². The molecule has 2 fully saturated rings. The van der Waals surface area contributed by atoms with E-state index in [4.69, 9.17) is 4.74 Å². The van der Waals surface area contributed by atoms with E-state index in [2.05, 4.69) is 5.32 Å². The number of carbonyl (C=O) groups excluding carboxylic acids is 4. The Kier molecular flexibility index (Phi) is 4.80. The van der Waals surface area contributed by atoms with E-state index in [1.165, 1.54) is 0 Å². The number of amides is 3. The Balaban J connectivity index is 1.59. The fourth-order valence-corrected chi connectivity index (χ4v) is 3.46. The predicted octanol–water partition coefficient (Wildman–Crippen LogP) is 2.06. The molecule has 1 saturated heterocycles. The second-order valence-corrected chi connectivity index (χ2v) is 7.63. The SMILES string of the molecule is Cc1cc(C)c(C(=O)COC(=O)CN2C(=O)N[C@](C)(C3CC3)C2=O)cc1C. The molecule has 7 heteroatoms. The van der Waals surface area contributed by atoms with Crippen LogP contribution < -0.4 is 5.32 Å². The van der Waals surface area contributed by atoms with Gasteiger partial charge in [-0.1, -0.05) is 6.07 Å². The molecule has 0 radical (unpaired) electrons. The normalized spacial score (nSPS) is 22.0. The molecule has 1 heterocycles. The number of rotatable bonds is 6. The number of urea groups is 1. The first kappa shape index (κ1) is 19.1. The molecule has 7 nitrogen and oxygen atoms in total. The molecule has 3 rings (SSSR count). The van der Waals surface area contributed by atoms with Gasteiger partial charge in [-0.3, -0.25) is 19.3 Å². The van der Waals surface area contributed by atoms with Gasteiger partial charge in [0.05, 0.1) is 0 Å². The van der Waals surface area contributed by atoms with E-state index in [0.717, 1.165) is 34.4 Å². The van der Waals surface area contributed by atoms with Crippen molar-refractivity contribution in [3.63, 3.8) is 0 Å². The molecule has 1 aliphatic carbocycles. The Bertz CT molecular complexity index is 843. The van der Waals surface area contributed by atoms with Crippen LogP contribution in [0.25, 0.3) is 0 Å². The molecule has 1 atom stereocenters. The molecular formula is C20H24N2O5. The third-order valence-corrected chi connectivity index (χ3v) is 5.49. The van der Waals surface area contributed by atoms with Gasteiger partial charge in [0.15, 0.2) is 6.61 Å². The lowest BCUT2D eigenvalue weighted by molar-refractivity contribution is -0.146. The monoisotopic (exact) mass is 372 g/mol. The highest BCUT2D eigenvalue weighted by atomic mass is 16.5. The Morgan fingerprint density at radius 2 is 1.78 bits per heavy atom. The van der Waals surface area contributed by atoms with Gasteiger partial charge in [-0.25, -0.2) is 4.79 Å². The lowest BCUT2D eigenvalue weighted by Gasteiger charge is -2.20. The molecule has 0 bridgehead atoms. The zero-order valence-electron chi connectivity index (χ0n) is 16.0. The van der Waals surface area contributed by atoms with Gasteiger partial charge in [0.1, 0.15) is 12.1 Å². The summed E-state index contributed by atoms with van der Waals surface area (Å²) in [6, 6.07) is 3.10. The molecule has 0 aromatic heterocycles. The summed E-state index contributed by atoms with van der Waals surface area (Å²) in [5, 5.41) is 2.67. The first-order valence-corrected chi connectivity index (χ1v) is 9.04. The number of benzene rings is 1. The highest BCUT2D eigenvalue weighted by Crippen LogP contribution is 2.42. The molecule has 1 aromatic carbocycles. The molecule has 27 heavy (non-hydrogen) atoms. The number of hydrogen-bond acceptors (Lipinski definition) is 5. The Labute approximate surface area is 158 Å². The van der Waals surface area contributed by atoms with Crippen LogP contribution in [0.1, 0.15) is 46.8 Å². The van der Waals surface area contributed by atoms with Gasteiger partial charge in [-0.05, 0) is 69.2 Å². The fourth-order valence-electron chi connectivity index (χ4n) is 3.46. The predicted molar refractivity (Wildman–Crippen MR) is 97.3 cm³/mol. The van der Waals surface area contributed by atoms with E-state index >= 15 is 0 Å². The fraction of sp³-hybridized carbons (Fsp3) is 0.500. The zero-order valence-corrected chi connectivity index (χ0v) is 16.0. The summed E-state index contributed by atoms with van der Waals surface area (Å²) < 4.78 is 5.02. The average molecular weight is 372 g/mol. The summed E-state index contributed by atoms with van der Waals surface area (Å²) in [6.45, 7) is 6.46. The van der Waals surface area contributed by atoms with Crippen LogP contribution >= 0.6 is 0 Å². The Hall–Kier alpha value is -2.70. The molecule has 1 aliphatic heterocycles. The molecule has 1 saturated carbocycles. The van der Waals surface area contributed by atoms with Crippen molar-refractivity contribution in [1.29, 1.82) is 0 Å². The van der Waals surface area contributed by atoms with Crippen LogP contribution in [0, 0.1) is 26.7 Å². The highest BCUT2D eigenvalue weighted by molar-refractivity contribution is 6.09. The lowest BCUT2D eigenvalue weighted by Crippen LogP contribution is -2.46. The van der Waals surface area contributed by atoms with Gasteiger partial charge in [0.2, 0.25) is 5.78 Å². The second kappa shape index (κ2) is 6.79. The van der Waals surface area contributed by atoms with Crippen molar-refractivity contribution in [3.8, 4) is 0 Å². The number of aryl methyl sites for hydroxylation is 3. The Morgan fingerprint density at radius 3 is 2.41 bits per heavy atom. The van der Waals surface area contributed by atoms with Crippen LogP contribution in [-0.4, -0.2) is 47.3 Å². The minimum atomic E-state index is -0.941. The first-order valence-electron chi connectivity index (χ1n) is 9.04. The number of imide groups is 1. The van der Waals surface area contributed by atoms with E-state index in [1.54, 1.807) is 13.0 Å². The van der Waals surface area contributed by atoms with Gasteiger partial charge < -0.3 is 10.1 Å². The van der Waals surface area contributed by atoms with E-state index in [-0.39, 0.29) is 11.7 Å². The minimum absolute atomic E-state index is 0.115. The van der Waals surface area contributed by atoms with E-state index in [1.807, 2.05) is 26.8 Å². The molecule has 0 spiro atoms. The van der Waals surface area contributed by atoms with Crippen molar-refractivity contribution in [1.82, 2.24) is 10.2 Å².